The lowest BCUT2D eigenvalue weighted by molar-refractivity contribution is -0.153. The maximum Gasteiger partial charge on any atom is 0.407 e. The summed E-state index contributed by atoms with van der Waals surface area (Å²) in [6.07, 6.45) is 5.24. The molecule has 0 unspecified atom stereocenters. The third-order valence-corrected chi connectivity index (χ3v) is 13.0. The van der Waals surface area contributed by atoms with Crippen LogP contribution in [0.4, 0.5) is 4.79 Å². The molecule has 4 heterocycles. The van der Waals surface area contributed by atoms with Crippen molar-refractivity contribution in [2.45, 2.75) is 121 Å². The van der Waals surface area contributed by atoms with Gasteiger partial charge < -0.3 is 45.5 Å². The number of fused-ring (bicyclic) bond motifs is 3. The molecule has 0 bridgehead atoms. The summed E-state index contributed by atoms with van der Waals surface area (Å²) in [5.74, 6) is -4.17. The molecule has 1 aliphatic carbocycles. The number of H-pyrrole nitrogens is 1. The molecule has 0 radical (unpaired) electrons. The SMILES string of the molecule is CC(C)C[C@H](NC(=O)[C@H](Cc1cnc[nH]1)NC(=O)[C@@H](NC(=O)OCC1c2ccccc2-c2ccccc21)C(C)C)C(=O)N1CCC[C@H]1C(=O)N1CCC[C@H]1C(=O)N1CCC[C@H]1C(=O)O. The van der Waals surface area contributed by atoms with Crippen LogP contribution in [-0.2, 0) is 39.9 Å². The highest BCUT2D eigenvalue weighted by Crippen LogP contribution is 2.44. The average Bonchev–Trinajstić information content (AvgIpc) is 4.13. The number of carbonyl (C=O) groups is 7. The van der Waals surface area contributed by atoms with E-state index in [-0.39, 0.29) is 49.6 Å². The molecule has 0 saturated carbocycles. The Kier molecular flexibility index (Phi) is 14.3. The molecular weight excluding hydrogens is 821 g/mol. The molecule has 7 rings (SSSR count). The van der Waals surface area contributed by atoms with Gasteiger partial charge in [-0.05, 0) is 79.0 Å². The number of nitrogens with zero attached hydrogens (tertiary/aromatic N) is 4. The fraction of sp³-hybridized carbons (Fsp3) is 0.532. The molecule has 2 aromatic carbocycles. The third-order valence-electron chi connectivity index (χ3n) is 13.0. The van der Waals surface area contributed by atoms with E-state index in [4.69, 9.17) is 4.74 Å². The fourth-order valence-corrected chi connectivity index (χ4v) is 9.80. The molecule has 4 aliphatic rings. The molecule has 17 heteroatoms. The van der Waals surface area contributed by atoms with E-state index in [0.29, 0.717) is 57.3 Å². The van der Waals surface area contributed by atoms with Gasteiger partial charge in [-0.3, -0.25) is 24.0 Å². The minimum absolute atomic E-state index is 0.00905. The van der Waals surface area contributed by atoms with Gasteiger partial charge in [-0.2, -0.15) is 0 Å². The molecule has 342 valence electrons. The van der Waals surface area contributed by atoms with Gasteiger partial charge in [0.2, 0.25) is 29.5 Å². The van der Waals surface area contributed by atoms with Gasteiger partial charge in [-0.15, -0.1) is 0 Å². The van der Waals surface area contributed by atoms with Crippen LogP contribution in [0.3, 0.4) is 0 Å². The monoisotopic (exact) mass is 880 g/mol. The Bertz CT molecular complexity index is 2170. The summed E-state index contributed by atoms with van der Waals surface area (Å²) < 4.78 is 5.75. The number of alkyl carbamates (subject to hydrolysis) is 1. The van der Waals surface area contributed by atoms with Crippen molar-refractivity contribution in [3.8, 4) is 11.1 Å². The Balaban J connectivity index is 1.02. The predicted molar refractivity (Wildman–Crippen MR) is 234 cm³/mol. The Labute approximate surface area is 373 Å². The number of rotatable bonds is 16. The lowest BCUT2D eigenvalue weighted by atomic mass is 9.98. The topological polar surface area (TPSA) is 223 Å². The summed E-state index contributed by atoms with van der Waals surface area (Å²) in [4.78, 5) is 107. The van der Waals surface area contributed by atoms with Gasteiger partial charge in [-0.1, -0.05) is 76.2 Å². The number of likely N-dealkylation sites (tertiary alicyclic amines) is 3. The number of aliphatic carboxylic acids is 1. The number of benzene rings is 2. The van der Waals surface area contributed by atoms with Gasteiger partial charge in [-0.25, -0.2) is 14.6 Å². The summed E-state index contributed by atoms with van der Waals surface area (Å²) in [7, 11) is 0. The van der Waals surface area contributed by atoms with Crippen molar-refractivity contribution in [3.63, 3.8) is 0 Å². The molecule has 3 aromatic rings. The van der Waals surface area contributed by atoms with Crippen LogP contribution in [0.2, 0.25) is 0 Å². The number of carbonyl (C=O) groups excluding carboxylic acids is 6. The van der Waals surface area contributed by atoms with Crippen molar-refractivity contribution in [1.82, 2.24) is 40.6 Å². The van der Waals surface area contributed by atoms with E-state index in [1.165, 1.54) is 27.2 Å². The summed E-state index contributed by atoms with van der Waals surface area (Å²) in [5.41, 5.74) is 4.80. The van der Waals surface area contributed by atoms with Gasteiger partial charge in [0, 0.05) is 43.9 Å². The minimum atomic E-state index is -1.20. The van der Waals surface area contributed by atoms with E-state index in [9.17, 15) is 38.7 Å². The molecule has 6 amide bonds. The van der Waals surface area contributed by atoms with Crippen LogP contribution in [-0.4, -0.2) is 134 Å². The van der Waals surface area contributed by atoms with E-state index < -0.39 is 72.0 Å². The first-order chi connectivity index (χ1) is 30.7. The van der Waals surface area contributed by atoms with Crippen LogP contribution < -0.4 is 16.0 Å². The number of carboxylic acids is 1. The maximum atomic E-state index is 14.5. The zero-order valence-corrected chi connectivity index (χ0v) is 37.0. The number of ether oxygens (including phenoxy) is 1. The third kappa shape index (κ3) is 9.92. The predicted octanol–water partition coefficient (Wildman–Crippen LogP) is 3.59. The zero-order chi connectivity index (χ0) is 45.7. The Hall–Kier alpha value is -6.26. The molecule has 1 aromatic heterocycles. The number of hydrogen-bond acceptors (Lipinski definition) is 9. The number of carboxylic acid groups (broad SMARTS) is 1. The summed E-state index contributed by atoms with van der Waals surface area (Å²) in [6, 6.07) is 10.0. The van der Waals surface area contributed by atoms with Crippen LogP contribution in [0.5, 0.6) is 0 Å². The number of aromatic nitrogens is 2. The molecule has 0 spiro atoms. The molecule has 17 nitrogen and oxygen atoms in total. The van der Waals surface area contributed by atoms with Crippen molar-refractivity contribution >= 4 is 41.6 Å². The van der Waals surface area contributed by atoms with Crippen LogP contribution in [0.15, 0.2) is 61.1 Å². The molecular formula is C47H60N8O9. The van der Waals surface area contributed by atoms with Crippen LogP contribution in [0.25, 0.3) is 11.1 Å². The highest BCUT2D eigenvalue weighted by Gasteiger charge is 2.47. The normalized spacial score (nSPS) is 20.7. The van der Waals surface area contributed by atoms with Gasteiger partial charge in [0.15, 0.2) is 0 Å². The fourth-order valence-electron chi connectivity index (χ4n) is 9.80. The smallest absolute Gasteiger partial charge is 0.407 e. The highest BCUT2D eigenvalue weighted by atomic mass is 16.5. The minimum Gasteiger partial charge on any atom is -0.480 e. The molecule has 3 saturated heterocycles. The van der Waals surface area contributed by atoms with Crippen molar-refractivity contribution in [2.24, 2.45) is 11.8 Å². The molecule has 5 N–H and O–H groups in total. The summed E-state index contributed by atoms with van der Waals surface area (Å²) in [6.45, 7) is 8.30. The largest absolute Gasteiger partial charge is 0.480 e. The van der Waals surface area contributed by atoms with E-state index in [1.54, 1.807) is 13.8 Å². The van der Waals surface area contributed by atoms with E-state index >= 15 is 0 Å². The Morgan fingerprint density at radius 3 is 1.84 bits per heavy atom. The highest BCUT2D eigenvalue weighted by molar-refractivity contribution is 5.97. The second-order valence-electron chi connectivity index (χ2n) is 18.1. The van der Waals surface area contributed by atoms with Crippen molar-refractivity contribution in [1.29, 1.82) is 0 Å². The van der Waals surface area contributed by atoms with Crippen molar-refractivity contribution in [2.75, 3.05) is 26.2 Å². The van der Waals surface area contributed by atoms with E-state index in [0.717, 1.165) is 22.3 Å². The molecule has 3 fully saturated rings. The summed E-state index contributed by atoms with van der Waals surface area (Å²) >= 11 is 0. The number of nitrogens with one attached hydrogen (secondary N) is 4. The first-order valence-electron chi connectivity index (χ1n) is 22.6. The lowest BCUT2D eigenvalue weighted by Crippen LogP contribution is -2.60. The second kappa shape index (κ2) is 20.1. The Morgan fingerprint density at radius 1 is 0.734 bits per heavy atom. The van der Waals surface area contributed by atoms with Crippen LogP contribution >= 0.6 is 0 Å². The number of amides is 6. The summed E-state index contributed by atoms with van der Waals surface area (Å²) in [5, 5.41) is 18.1. The maximum absolute atomic E-state index is 14.5. The molecule has 6 atom stereocenters. The second-order valence-corrected chi connectivity index (χ2v) is 18.1. The van der Waals surface area contributed by atoms with Gasteiger partial charge in [0.25, 0.3) is 0 Å². The van der Waals surface area contributed by atoms with Crippen LogP contribution in [0, 0.1) is 11.8 Å². The first kappa shape index (κ1) is 45.8. The first-order valence-corrected chi connectivity index (χ1v) is 22.6. The van der Waals surface area contributed by atoms with Crippen molar-refractivity contribution in [3.05, 3.63) is 77.9 Å². The van der Waals surface area contributed by atoms with E-state index in [2.05, 4.69) is 25.9 Å². The van der Waals surface area contributed by atoms with Gasteiger partial charge in [0.05, 0.1) is 6.33 Å². The number of hydrogen-bond donors (Lipinski definition) is 5. The Morgan fingerprint density at radius 2 is 1.28 bits per heavy atom. The van der Waals surface area contributed by atoms with Gasteiger partial charge in [0.1, 0.15) is 42.9 Å². The standard InChI is InChI=1S/C47H60N8O9/c1-27(2)22-36(43(58)53-19-9-16-37(53)44(59)54-20-10-17-38(54)45(60)55-21-11-18-39(55)46(61)62)51-41(56)35(23-29-24-48-26-49-29)50-42(57)40(28(3)4)52-47(63)64-25-34-32-14-7-5-12-30(32)31-13-6-8-15-33(31)34/h5-8,12-15,24,26-28,34-40H,9-11,16-23,25H2,1-4H3,(H,48,49)(H,50,57)(H,51,56)(H,52,63)(H,61,62)/t35-,36-,37-,38-,39-,40-/m0/s1. The number of aromatic amines is 1. The zero-order valence-electron chi connectivity index (χ0n) is 37.0. The molecule has 3 aliphatic heterocycles. The lowest BCUT2D eigenvalue weighted by Gasteiger charge is -2.35. The average molecular weight is 881 g/mol. The van der Waals surface area contributed by atoms with Crippen LogP contribution in [0.1, 0.15) is 95.4 Å². The molecule has 64 heavy (non-hydrogen) atoms. The van der Waals surface area contributed by atoms with Crippen molar-refractivity contribution < 1.29 is 43.4 Å². The van der Waals surface area contributed by atoms with E-state index in [1.807, 2.05) is 62.4 Å². The van der Waals surface area contributed by atoms with Gasteiger partial charge >= 0.3 is 12.1 Å². The quantitative estimate of drug-likeness (QED) is 0.141. The number of imidazole rings is 1.